The Morgan fingerprint density at radius 1 is 1.19 bits per heavy atom. The highest BCUT2D eigenvalue weighted by Gasteiger charge is 2.24. The Labute approximate surface area is 154 Å². The highest BCUT2D eigenvalue weighted by molar-refractivity contribution is 5.76. The van der Waals surface area contributed by atoms with E-state index in [0.29, 0.717) is 23.7 Å². The lowest BCUT2D eigenvalue weighted by molar-refractivity contribution is 0.561. The SMILES string of the molecule is CC#CCn1c(N2CCCCC2)nc2nc(N(C)C(C)C)n(C)c(=O)c21. The summed E-state index contributed by atoms with van der Waals surface area (Å²) < 4.78 is 3.55. The van der Waals surface area contributed by atoms with E-state index in [-0.39, 0.29) is 11.6 Å². The molecule has 1 aliphatic rings. The van der Waals surface area contributed by atoms with E-state index in [1.165, 1.54) is 6.42 Å². The van der Waals surface area contributed by atoms with Crippen LogP contribution in [0.15, 0.2) is 4.79 Å². The highest BCUT2D eigenvalue weighted by atomic mass is 16.1. The second-order valence-corrected chi connectivity index (χ2v) is 7.13. The monoisotopic (exact) mass is 356 g/mol. The van der Waals surface area contributed by atoms with Crippen LogP contribution in [0.25, 0.3) is 11.2 Å². The molecule has 2 aromatic heterocycles. The summed E-state index contributed by atoms with van der Waals surface area (Å²) in [7, 11) is 3.72. The minimum absolute atomic E-state index is 0.0776. The Kier molecular flexibility index (Phi) is 5.21. The normalized spacial score (nSPS) is 14.6. The van der Waals surface area contributed by atoms with E-state index in [9.17, 15) is 4.79 Å². The van der Waals surface area contributed by atoms with Gasteiger partial charge in [-0.2, -0.15) is 9.97 Å². The lowest BCUT2D eigenvalue weighted by atomic mass is 10.1. The van der Waals surface area contributed by atoms with Crippen LogP contribution in [0, 0.1) is 11.8 Å². The molecular formula is C19H28N6O. The molecule has 1 aliphatic heterocycles. The third kappa shape index (κ3) is 3.16. The molecule has 0 bridgehead atoms. The molecule has 0 aromatic carbocycles. The average Bonchev–Trinajstić information content (AvgIpc) is 3.01. The van der Waals surface area contributed by atoms with Gasteiger partial charge >= 0.3 is 0 Å². The summed E-state index contributed by atoms with van der Waals surface area (Å²) in [6, 6.07) is 0.236. The van der Waals surface area contributed by atoms with Crippen LogP contribution in [0.4, 0.5) is 11.9 Å². The predicted octanol–water partition coefficient (Wildman–Crippen LogP) is 1.99. The Morgan fingerprint density at radius 2 is 1.88 bits per heavy atom. The van der Waals surface area contributed by atoms with Crippen molar-refractivity contribution in [2.24, 2.45) is 7.05 Å². The molecule has 1 fully saturated rings. The van der Waals surface area contributed by atoms with Crippen LogP contribution in [-0.2, 0) is 13.6 Å². The van der Waals surface area contributed by atoms with Gasteiger partial charge in [-0.05, 0) is 40.0 Å². The van der Waals surface area contributed by atoms with Gasteiger partial charge in [0.25, 0.3) is 5.56 Å². The molecule has 140 valence electrons. The van der Waals surface area contributed by atoms with Crippen molar-refractivity contribution in [1.29, 1.82) is 0 Å². The molecule has 0 spiro atoms. The van der Waals surface area contributed by atoms with Gasteiger partial charge < -0.3 is 9.80 Å². The van der Waals surface area contributed by atoms with Crippen molar-refractivity contribution >= 4 is 23.1 Å². The van der Waals surface area contributed by atoms with Crippen LogP contribution < -0.4 is 15.4 Å². The van der Waals surface area contributed by atoms with E-state index in [0.717, 1.165) is 31.9 Å². The maximum absolute atomic E-state index is 13.1. The van der Waals surface area contributed by atoms with Gasteiger partial charge in [-0.25, -0.2) is 0 Å². The fourth-order valence-electron chi connectivity index (χ4n) is 3.33. The Bertz CT molecular complexity index is 908. The zero-order valence-electron chi connectivity index (χ0n) is 16.4. The van der Waals surface area contributed by atoms with Crippen LogP contribution in [0.3, 0.4) is 0 Å². The Hall–Kier alpha value is -2.49. The summed E-state index contributed by atoms with van der Waals surface area (Å²) in [6.45, 7) is 8.33. The van der Waals surface area contributed by atoms with Crippen LogP contribution in [0.1, 0.15) is 40.0 Å². The quantitative estimate of drug-likeness (QED) is 0.784. The standard InChI is InChI=1S/C19H28N6O/c1-6-7-13-25-15-16(21-19(25)24-11-9-8-10-12-24)20-18(22(4)14(2)3)23(5)17(15)26/h14H,8-13H2,1-5H3. The highest BCUT2D eigenvalue weighted by Crippen LogP contribution is 2.24. The number of aromatic nitrogens is 4. The number of nitrogens with zero attached hydrogens (tertiary/aromatic N) is 6. The summed E-state index contributed by atoms with van der Waals surface area (Å²) in [6.07, 6.45) is 3.54. The topological polar surface area (TPSA) is 59.2 Å². The van der Waals surface area contributed by atoms with E-state index < -0.39 is 0 Å². The van der Waals surface area contributed by atoms with Crippen molar-refractivity contribution < 1.29 is 0 Å². The first kappa shape index (κ1) is 18.3. The maximum Gasteiger partial charge on any atom is 0.281 e. The fraction of sp³-hybridized carbons (Fsp3) is 0.632. The Morgan fingerprint density at radius 3 is 2.50 bits per heavy atom. The second kappa shape index (κ2) is 7.40. The minimum atomic E-state index is -0.0776. The number of piperidine rings is 1. The molecular weight excluding hydrogens is 328 g/mol. The first-order chi connectivity index (χ1) is 12.5. The largest absolute Gasteiger partial charge is 0.343 e. The van der Waals surface area contributed by atoms with Crippen LogP contribution in [0.2, 0.25) is 0 Å². The van der Waals surface area contributed by atoms with E-state index >= 15 is 0 Å². The number of fused-ring (bicyclic) bond motifs is 1. The smallest absolute Gasteiger partial charge is 0.281 e. The lowest BCUT2D eigenvalue weighted by Gasteiger charge is -2.27. The van der Waals surface area contributed by atoms with Crippen molar-refractivity contribution in [1.82, 2.24) is 19.1 Å². The second-order valence-electron chi connectivity index (χ2n) is 7.13. The van der Waals surface area contributed by atoms with Gasteiger partial charge in [-0.15, -0.1) is 5.92 Å². The van der Waals surface area contributed by atoms with Crippen molar-refractivity contribution in [2.45, 2.75) is 52.6 Å². The molecule has 0 amide bonds. The van der Waals surface area contributed by atoms with E-state index in [4.69, 9.17) is 9.97 Å². The molecule has 0 atom stereocenters. The molecule has 0 N–H and O–H groups in total. The van der Waals surface area contributed by atoms with Gasteiger partial charge in [0.15, 0.2) is 11.2 Å². The van der Waals surface area contributed by atoms with Gasteiger partial charge in [0, 0.05) is 33.2 Å². The van der Waals surface area contributed by atoms with Crippen molar-refractivity contribution in [3.8, 4) is 11.8 Å². The molecule has 26 heavy (non-hydrogen) atoms. The number of imidazole rings is 1. The molecule has 0 unspecified atom stereocenters. The van der Waals surface area contributed by atoms with Crippen molar-refractivity contribution in [2.75, 3.05) is 29.9 Å². The fourth-order valence-corrected chi connectivity index (χ4v) is 3.33. The number of anilines is 2. The third-order valence-corrected chi connectivity index (χ3v) is 5.09. The van der Waals surface area contributed by atoms with Crippen LogP contribution in [0.5, 0.6) is 0 Å². The average molecular weight is 356 g/mol. The van der Waals surface area contributed by atoms with E-state index in [1.807, 2.05) is 23.4 Å². The first-order valence-corrected chi connectivity index (χ1v) is 9.30. The molecule has 0 saturated carbocycles. The summed E-state index contributed by atoms with van der Waals surface area (Å²) in [5, 5.41) is 0. The minimum Gasteiger partial charge on any atom is -0.343 e. The van der Waals surface area contributed by atoms with Gasteiger partial charge in [-0.1, -0.05) is 5.92 Å². The number of hydrogen-bond acceptors (Lipinski definition) is 5. The molecule has 7 heteroatoms. The van der Waals surface area contributed by atoms with Gasteiger partial charge in [0.2, 0.25) is 11.9 Å². The zero-order chi connectivity index (χ0) is 18.8. The molecule has 7 nitrogen and oxygen atoms in total. The summed E-state index contributed by atoms with van der Waals surface area (Å²) in [5.74, 6) is 7.46. The maximum atomic E-state index is 13.1. The summed E-state index contributed by atoms with van der Waals surface area (Å²) >= 11 is 0. The molecule has 0 aliphatic carbocycles. The Balaban J connectivity index is 2.22. The molecule has 3 heterocycles. The summed E-state index contributed by atoms with van der Waals surface area (Å²) in [4.78, 5) is 26.9. The van der Waals surface area contributed by atoms with E-state index in [1.54, 1.807) is 11.6 Å². The van der Waals surface area contributed by atoms with E-state index in [2.05, 4.69) is 30.6 Å². The van der Waals surface area contributed by atoms with Crippen LogP contribution >= 0.6 is 0 Å². The van der Waals surface area contributed by atoms with Gasteiger partial charge in [-0.3, -0.25) is 13.9 Å². The predicted molar refractivity (Wildman–Crippen MR) is 106 cm³/mol. The number of rotatable bonds is 4. The first-order valence-electron chi connectivity index (χ1n) is 9.30. The number of hydrogen-bond donors (Lipinski definition) is 0. The summed E-state index contributed by atoms with van der Waals surface area (Å²) in [5.41, 5.74) is 0.969. The molecule has 2 aromatic rings. The van der Waals surface area contributed by atoms with Gasteiger partial charge in [0.1, 0.15) is 0 Å². The molecule has 1 saturated heterocycles. The molecule has 3 rings (SSSR count). The van der Waals surface area contributed by atoms with Crippen LogP contribution in [-0.4, -0.2) is 45.3 Å². The van der Waals surface area contributed by atoms with Crippen molar-refractivity contribution in [3.63, 3.8) is 0 Å². The molecule has 0 radical (unpaired) electrons. The van der Waals surface area contributed by atoms with Gasteiger partial charge in [0.05, 0.1) is 6.54 Å². The lowest BCUT2D eigenvalue weighted by Crippen LogP contribution is -2.34. The van der Waals surface area contributed by atoms with Crippen molar-refractivity contribution in [3.05, 3.63) is 10.4 Å². The third-order valence-electron chi connectivity index (χ3n) is 5.09. The zero-order valence-corrected chi connectivity index (χ0v) is 16.4.